The largest absolute Gasteiger partial charge is 0.493 e. The molecule has 3 aromatic carbocycles. The Balaban J connectivity index is 1.43. The summed E-state index contributed by atoms with van der Waals surface area (Å²) >= 11 is 6.07. The molecule has 0 unspecified atom stereocenters. The van der Waals surface area contributed by atoms with Crippen molar-refractivity contribution in [2.24, 2.45) is 0 Å². The van der Waals surface area contributed by atoms with Gasteiger partial charge in [0.15, 0.2) is 0 Å². The summed E-state index contributed by atoms with van der Waals surface area (Å²) in [5.41, 5.74) is 5.14. The monoisotopic (exact) mass is 515 g/mol. The van der Waals surface area contributed by atoms with E-state index in [-0.39, 0.29) is 18.4 Å². The van der Waals surface area contributed by atoms with E-state index in [0.29, 0.717) is 53.9 Å². The molecule has 0 bridgehead atoms. The zero-order valence-corrected chi connectivity index (χ0v) is 20.9. The number of amides is 1. The van der Waals surface area contributed by atoms with E-state index < -0.39 is 5.97 Å². The second kappa shape index (κ2) is 11.0. The van der Waals surface area contributed by atoms with Crippen molar-refractivity contribution in [3.8, 4) is 17.0 Å². The van der Waals surface area contributed by atoms with Gasteiger partial charge in [0.25, 0.3) is 5.91 Å². The van der Waals surface area contributed by atoms with Crippen molar-refractivity contribution >= 4 is 34.5 Å². The zero-order valence-electron chi connectivity index (χ0n) is 20.1. The summed E-state index contributed by atoms with van der Waals surface area (Å²) in [4.78, 5) is 33.8. The number of carbonyl (C=O) groups is 2. The summed E-state index contributed by atoms with van der Waals surface area (Å²) in [5, 5.41) is 12.7. The molecule has 0 aliphatic carbocycles. The zero-order chi connectivity index (χ0) is 25.8. The second-order valence-electron chi connectivity index (χ2n) is 9.03. The van der Waals surface area contributed by atoms with E-state index in [4.69, 9.17) is 31.4 Å². The van der Waals surface area contributed by atoms with Crippen LogP contribution in [0.3, 0.4) is 0 Å². The Hall–Kier alpha value is -3.97. The van der Waals surface area contributed by atoms with Crippen molar-refractivity contribution in [2.45, 2.75) is 38.1 Å². The first-order valence-electron chi connectivity index (χ1n) is 12.3. The summed E-state index contributed by atoms with van der Waals surface area (Å²) in [6.45, 7) is 0.546. The van der Waals surface area contributed by atoms with Crippen LogP contribution in [-0.4, -0.2) is 33.6 Å². The van der Waals surface area contributed by atoms with Crippen LogP contribution in [0.1, 0.15) is 53.3 Å². The van der Waals surface area contributed by atoms with Crippen LogP contribution in [0.25, 0.3) is 22.3 Å². The quantitative estimate of drug-likeness (QED) is 0.279. The highest BCUT2D eigenvalue weighted by Gasteiger charge is 2.23. The molecular weight excluding hydrogens is 490 g/mol. The molecule has 0 saturated heterocycles. The van der Waals surface area contributed by atoms with Gasteiger partial charge in [-0.15, -0.1) is 0 Å². The number of rotatable bonds is 8. The highest BCUT2D eigenvalue weighted by molar-refractivity contribution is 6.30. The number of carboxylic acids is 1. The van der Waals surface area contributed by atoms with Crippen molar-refractivity contribution < 1.29 is 19.4 Å². The molecule has 0 spiro atoms. The van der Waals surface area contributed by atoms with E-state index in [1.807, 2.05) is 42.5 Å². The molecule has 8 heteroatoms. The number of aryl methyl sites for hydroxylation is 1. The van der Waals surface area contributed by atoms with E-state index in [1.165, 1.54) is 0 Å². The highest BCUT2D eigenvalue weighted by Crippen LogP contribution is 2.32. The van der Waals surface area contributed by atoms with Gasteiger partial charge in [-0.3, -0.25) is 9.59 Å². The number of hydrogen-bond donors (Lipinski definition) is 2. The number of aromatic nitrogens is 2. The smallest absolute Gasteiger partial charge is 0.303 e. The number of aliphatic carboxylic acids is 1. The van der Waals surface area contributed by atoms with Gasteiger partial charge >= 0.3 is 5.97 Å². The maximum Gasteiger partial charge on any atom is 0.303 e. The minimum Gasteiger partial charge on any atom is -0.493 e. The Kier molecular flexibility index (Phi) is 7.32. The van der Waals surface area contributed by atoms with Gasteiger partial charge in [-0.1, -0.05) is 41.9 Å². The predicted molar refractivity (Wildman–Crippen MR) is 142 cm³/mol. The molecule has 4 aromatic rings. The molecule has 0 fully saturated rings. The summed E-state index contributed by atoms with van der Waals surface area (Å²) in [5.74, 6) is -0.203. The summed E-state index contributed by atoms with van der Waals surface area (Å²) in [6, 6.07) is 20.3. The van der Waals surface area contributed by atoms with Gasteiger partial charge in [-0.25, -0.2) is 9.97 Å². The normalized spacial score (nSPS) is 14.6. The lowest BCUT2D eigenvalue weighted by Crippen LogP contribution is -2.32. The molecule has 1 aromatic heterocycles. The fraction of sp³-hybridized carbons (Fsp3) is 0.241. The van der Waals surface area contributed by atoms with E-state index in [9.17, 15) is 9.59 Å². The number of carboxylic acid groups (broad SMARTS) is 1. The number of carbonyl (C=O) groups excluding carboxylic acids is 1. The molecule has 0 radical (unpaired) electrons. The summed E-state index contributed by atoms with van der Waals surface area (Å²) in [6.07, 6.45) is 2.59. The fourth-order valence-electron chi connectivity index (χ4n) is 4.55. The van der Waals surface area contributed by atoms with Crippen molar-refractivity contribution in [2.75, 3.05) is 6.61 Å². The van der Waals surface area contributed by atoms with Crippen molar-refractivity contribution in [3.63, 3.8) is 0 Å². The van der Waals surface area contributed by atoms with Crippen LogP contribution in [0.5, 0.6) is 5.75 Å². The minimum absolute atomic E-state index is 0.108. The van der Waals surface area contributed by atoms with Gasteiger partial charge in [-0.05, 0) is 55.7 Å². The summed E-state index contributed by atoms with van der Waals surface area (Å²) < 4.78 is 5.71. The molecule has 1 aliphatic heterocycles. The number of nitrogens with one attached hydrogen (secondary N) is 1. The van der Waals surface area contributed by atoms with Gasteiger partial charge in [-0.2, -0.15) is 0 Å². The highest BCUT2D eigenvalue weighted by atomic mass is 35.5. The van der Waals surface area contributed by atoms with Crippen LogP contribution >= 0.6 is 11.6 Å². The maximum atomic E-state index is 13.2. The molecule has 0 saturated carbocycles. The number of para-hydroxylation sites is 1. The molecule has 7 nitrogen and oxygen atoms in total. The van der Waals surface area contributed by atoms with Crippen molar-refractivity contribution in [3.05, 3.63) is 88.6 Å². The van der Waals surface area contributed by atoms with E-state index in [0.717, 1.165) is 28.3 Å². The van der Waals surface area contributed by atoms with Crippen LogP contribution in [0.15, 0.2) is 66.7 Å². The van der Waals surface area contributed by atoms with Gasteiger partial charge in [0.1, 0.15) is 5.75 Å². The van der Waals surface area contributed by atoms with Gasteiger partial charge < -0.3 is 15.2 Å². The lowest BCUT2D eigenvalue weighted by Gasteiger charge is -2.26. The third-order valence-electron chi connectivity index (χ3n) is 6.43. The number of halogens is 1. The van der Waals surface area contributed by atoms with E-state index >= 15 is 0 Å². The number of ether oxygens (including phenoxy) is 1. The molecule has 1 aliphatic rings. The first-order valence-corrected chi connectivity index (χ1v) is 12.7. The lowest BCUT2D eigenvalue weighted by atomic mass is 10.00. The van der Waals surface area contributed by atoms with Gasteiger partial charge in [0.2, 0.25) is 0 Å². The van der Waals surface area contributed by atoms with Crippen molar-refractivity contribution in [1.82, 2.24) is 15.3 Å². The molecule has 37 heavy (non-hydrogen) atoms. The molecule has 1 atom stereocenters. The number of fused-ring (bicyclic) bond motifs is 2. The Labute approximate surface area is 219 Å². The third-order valence-corrected chi connectivity index (χ3v) is 6.69. The van der Waals surface area contributed by atoms with E-state index in [1.54, 1.807) is 24.3 Å². The standard InChI is InChI=1S/C29H26ClN3O4/c30-20-12-9-18(10-13-20)28-24(6-2-4-8-27(34)35)31-25-17-19(11-14-23(25)32-28)29(36)33-22-15-16-37-26-7-3-1-5-21(22)26/h1,3,5,7,9-14,17,22H,2,4,6,8,15-16H2,(H,33,36)(H,34,35)/t22-/m1/s1. The van der Waals surface area contributed by atoms with Crippen LogP contribution < -0.4 is 10.1 Å². The molecule has 2 heterocycles. The minimum atomic E-state index is -0.815. The number of benzene rings is 3. The van der Waals surface area contributed by atoms with E-state index in [2.05, 4.69) is 5.32 Å². The van der Waals surface area contributed by atoms with Crippen LogP contribution in [-0.2, 0) is 11.2 Å². The molecule has 1 amide bonds. The average molecular weight is 516 g/mol. The lowest BCUT2D eigenvalue weighted by molar-refractivity contribution is -0.137. The number of nitrogens with zero attached hydrogens (tertiary/aromatic N) is 2. The Morgan fingerprint density at radius 3 is 2.62 bits per heavy atom. The van der Waals surface area contributed by atoms with Gasteiger partial charge in [0.05, 0.1) is 35.1 Å². The maximum absolute atomic E-state index is 13.2. The first kappa shape index (κ1) is 24.7. The fourth-order valence-corrected chi connectivity index (χ4v) is 4.67. The SMILES string of the molecule is O=C(O)CCCCc1nc2cc(C(=O)N[C@@H]3CCOc4ccccc43)ccc2nc1-c1ccc(Cl)cc1. The second-order valence-corrected chi connectivity index (χ2v) is 9.47. The van der Waals surface area contributed by atoms with Crippen LogP contribution in [0.4, 0.5) is 0 Å². The summed E-state index contributed by atoms with van der Waals surface area (Å²) in [7, 11) is 0. The molecule has 5 rings (SSSR count). The van der Waals surface area contributed by atoms with Crippen LogP contribution in [0, 0.1) is 0 Å². The van der Waals surface area contributed by atoms with Gasteiger partial charge in [0, 0.05) is 34.6 Å². The molecule has 188 valence electrons. The topological polar surface area (TPSA) is 101 Å². The van der Waals surface area contributed by atoms with Crippen molar-refractivity contribution in [1.29, 1.82) is 0 Å². The predicted octanol–water partition coefficient (Wildman–Crippen LogP) is 6.00. The average Bonchev–Trinajstić information content (AvgIpc) is 2.91. The molecular formula is C29H26ClN3O4. The number of unbranched alkanes of at least 4 members (excludes halogenated alkanes) is 1. The van der Waals surface area contributed by atoms with Crippen LogP contribution in [0.2, 0.25) is 5.02 Å². The third kappa shape index (κ3) is 5.73. The Bertz CT molecular complexity index is 1460. The Morgan fingerprint density at radius 2 is 1.81 bits per heavy atom. The first-order chi connectivity index (χ1) is 18.0. The Morgan fingerprint density at radius 1 is 1.00 bits per heavy atom. The molecule has 2 N–H and O–H groups in total. The number of hydrogen-bond acceptors (Lipinski definition) is 5.